The van der Waals surface area contributed by atoms with E-state index in [0.29, 0.717) is 31.4 Å². The molecule has 0 amide bonds. The van der Waals surface area contributed by atoms with Crippen molar-refractivity contribution in [1.82, 2.24) is 10.2 Å². The summed E-state index contributed by atoms with van der Waals surface area (Å²) in [6.45, 7) is 13.5. The van der Waals surface area contributed by atoms with Crippen molar-refractivity contribution in [3.05, 3.63) is 95.6 Å². The number of likely N-dealkylation sites (tertiary alicyclic amines) is 1. The highest BCUT2D eigenvalue weighted by molar-refractivity contribution is 5.75. The summed E-state index contributed by atoms with van der Waals surface area (Å²) in [6, 6.07) is 27.2. The van der Waals surface area contributed by atoms with Crippen molar-refractivity contribution in [1.29, 1.82) is 0 Å². The van der Waals surface area contributed by atoms with Crippen molar-refractivity contribution in [3.63, 3.8) is 0 Å². The second-order valence-corrected chi connectivity index (χ2v) is 12.3. The molecule has 5 rings (SSSR count). The van der Waals surface area contributed by atoms with Gasteiger partial charge in [0.25, 0.3) is 0 Å². The Labute approximate surface area is 245 Å². The minimum atomic E-state index is -0.715. The van der Waals surface area contributed by atoms with Gasteiger partial charge in [0.2, 0.25) is 0 Å². The van der Waals surface area contributed by atoms with E-state index in [2.05, 4.69) is 73.5 Å². The molecule has 0 radical (unpaired) electrons. The normalized spacial score (nSPS) is 20.7. The molecule has 2 fully saturated rings. The molecule has 1 saturated heterocycles. The van der Waals surface area contributed by atoms with E-state index in [1.54, 1.807) is 0 Å². The lowest BCUT2D eigenvalue weighted by molar-refractivity contribution is -0.151. The van der Waals surface area contributed by atoms with E-state index in [0.717, 1.165) is 36.2 Å². The van der Waals surface area contributed by atoms with Crippen LogP contribution in [0.3, 0.4) is 0 Å². The first-order valence-corrected chi connectivity index (χ1v) is 15.0. The van der Waals surface area contributed by atoms with Crippen LogP contribution >= 0.6 is 0 Å². The van der Waals surface area contributed by atoms with Gasteiger partial charge in [0.1, 0.15) is 18.1 Å². The van der Waals surface area contributed by atoms with E-state index in [-0.39, 0.29) is 11.4 Å². The van der Waals surface area contributed by atoms with Crippen LogP contribution in [0.5, 0.6) is 11.5 Å². The van der Waals surface area contributed by atoms with Crippen molar-refractivity contribution in [2.24, 2.45) is 11.8 Å². The number of hydrogen-bond donors (Lipinski definition) is 1. The maximum absolute atomic E-state index is 12.7. The van der Waals surface area contributed by atoms with Gasteiger partial charge in [-0.15, -0.1) is 0 Å². The zero-order chi connectivity index (χ0) is 28.8. The Kier molecular flexibility index (Phi) is 9.31. The topological polar surface area (TPSA) is 60.0 Å². The molecule has 3 aromatic carbocycles. The van der Waals surface area contributed by atoms with Gasteiger partial charge in [-0.3, -0.25) is 4.90 Å². The van der Waals surface area contributed by atoms with Crippen LogP contribution in [0.4, 0.5) is 0 Å². The fourth-order valence-electron chi connectivity index (χ4n) is 5.82. The predicted molar refractivity (Wildman–Crippen MR) is 162 cm³/mol. The first-order chi connectivity index (χ1) is 19.8. The first kappa shape index (κ1) is 29.2. The largest absolute Gasteiger partial charge is 0.492 e. The van der Waals surface area contributed by atoms with E-state index in [1.165, 1.54) is 24.2 Å². The van der Waals surface area contributed by atoms with Crippen molar-refractivity contribution in [2.45, 2.75) is 58.2 Å². The smallest absolute Gasteiger partial charge is 0.347 e. The molecule has 0 aromatic heterocycles. The molecule has 6 heteroatoms. The molecule has 1 aliphatic carbocycles. The summed E-state index contributed by atoms with van der Waals surface area (Å²) in [5.74, 6) is 2.67. The van der Waals surface area contributed by atoms with Gasteiger partial charge in [0.05, 0.1) is 6.61 Å². The summed E-state index contributed by atoms with van der Waals surface area (Å²) in [4.78, 5) is 15.2. The van der Waals surface area contributed by atoms with Crippen LogP contribution in [0.2, 0.25) is 0 Å². The number of rotatable bonds is 13. The molecule has 4 atom stereocenters. The zero-order valence-corrected chi connectivity index (χ0v) is 24.8. The molecule has 218 valence electrons. The Morgan fingerprint density at radius 3 is 2.20 bits per heavy atom. The summed E-state index contributed by atoms with van der Waals surface area (Å²) in [5, 5.41) is 3.69. The molecule has 1 unspecified atom stereocenters. The number of nitrogens with zero attached hydrogens (tertiary/aromatic N) is 1. The second kappa shape index (κ2) is 13.1. The monoisotopic (exact) mass is 556 g/mol. The van der Waals surface area contributed by atoms with Crippen LogP contribution in [0.25, 0.3) is 0 Å². The third-order valence-corrected chi connectivity index (χ3v) is 8.16. The minimum Gasteiger partial charge on any atom is -0.492 e. The van der Waals surface area contributed by atoms with Crippen LogP contribution in [0, 0.1) is 11.8 Å². The summed E-state index contributed by atoms with van der Waals surface area (Å²) < 4.78 is 17.4. The van der Waals surface area contributed by atoms with Gasteiger partial charge < -0.3 is 19.5 Å². The van der Waals surface area contributed by atoms with Gasteiger partial charge in [-0.25, -0.2) is 4.79 Å². The van der Waals surface area contributed by atoms with Gasteiger partial charge in [-0.1, -0.05) is 75.4 Å². The number of carbonyl (C=O) groups is 1. The Balaban J connectivity index is 1.04. The Hall–Kier alpha value is -3.35. The van der Waals surface area contributed by atoms with E-state index < -0.39 is 6.10 Å². The van der Waals surface area contributed by atoms with Gasteiger partial charge >= 0.3 is 5.97 Å². The fourth-order valence-corrected chi connectivity index (χ4v) is 5.82. The number of benzene rings is 3. The highest BCUT2D eigenvalue weighted by Gasteiger charge is 2.55. The molecule has 1 heterocycles. The van der Waals surface area contributed by atoms with Gasteiger partial charge in [0, 0.05) is 38.6 Å². The van der Waals surface area contributed by atoms with E-state index >= 15 is 0 Å². The maximum atomic E-state index is 12.7. The third-order valence-electron chi connectivity index (χ3n) is 8.16. The molecule has 3 aromatic rings. The van der Waals surface area contributed by atoms with Crippen molar-refractivity contribution < 1.29 is 19.0 Å². The summed E-state index contributed by atoms with van der Waals surface area (Å²) in [5.41, 5.74) is 3.66. The van der Waals surface area contributed by atoms with E-state index in [4.69, 9.17) is 14.2 Å². The molecule has 0 spiro atoms. The number of piperidine rings is 1. The lowest BCUT2D eigenvalue weighted by atomic mass is 9.87. The first-order valence-electron chi connectivity index (χ1n) is 15.0. The van der Waals surface area contributed by atoms with Gasteiger partial charge in [-0.2, -0.15) is 0 Å². The fraction of sp³-hybridized carbons (Fsp3) is 0.457. The molecular weight excluding hydrogens is 512 g/mol. The average molecular weight is 557 g/mol. The molecule has 0 bridgehead atoms. The summed E-state index contributed by atoms with van der Waals surface area (Å²) in [7, 11) is 0. The van der Waals surface area contributed by atoms with E-state index in [1.807, 2.05) is 43.3 Å². The molecule has 2 aliphatic rings. The summed E-state index contributed by atoms with van der Waals surface area (Å²) in [6.07, 6.45) is -0.291. The zero-order valence-electron chi connectivity index (χ0n) is 24.8. The van der Waals surface area contributed by atoms with Crippen molar-refractivity contribution in [3.8, 4) is 11.5 Å². The molecular formula is C35H44N2O4. The predicted octanol–water partition coefficient (Wildman–Crippen LogP) is 5.64. The van der Waals surface area contributed by atoms with Crippen LogP contribution in [-0.4, -0.2) is 55.9 Å². The number of carbonyl (C=O) groups excluding carboxylic acids is 1. The maximum Gasteiger partial charge on any atom is 0.347 e. The number of esters is 1. The van der Waals surface area contributed by atoms with Crippen LogP contribution in [0.1, 0.15) is 44.4 Å². The van der Waals surface area contributed by atoms with Crippen molar-refractivity contribution in [2.75, 3.05) is 32.8 Å². The van der Waals surface area contributed by atoms with Crippen LogP contribution < -0.4 is 14.8 Å². The Morgan fingerprint density at radius 1 is 0.902 bits per heavy atom. The lowest BCUT2D eigenvalue weighted by Gasteiger charge is -2.21. The minimum absolute atomic E-state index is 0.0560. The quantitative estimate of drug-likeness (QED) is 0.217. The molecule has 6 nitrogen and oxygen atoms in total. The highest BCUT2D eigenvalue weighted by atomic mass is 16.6. The van der Waals surface area contributed by atoms with Gasteiger partial charge in [0.15, 0.2) is 6.10 Å². The number of ether oxygens (including phenoxy) is 3. The number of hydrogen-bond acceptors (Lipinski definition) is 6. The number of nitrogens with one attached hydrogen (secondary N) is 1. The highest BCUT2D eigenvalue weighted by Crippen LogP contribution is 2.45. The molecule has 41 heavy (non-hydrogen) atoms. The average Bonchev–Trinajstić information content (AvgIpc) is 3.41. The van der Waals surface area contributed by atoms with Crippen molar-refractivity contribution >= 4 is 5.97 Å². The molecule has 1 N–H and O–H groups in total. The molecule has 1 aliphatic heterocycles. The SMILES string of the molecule is CCOC(=O)[C@H](Cc1ccc(OCCN[C@H]2C3CN(Cc4ccccc4)C[C@@H]32)cc1)Oc1ccc(C(C)(C)C)cc1. The van der Waals surface area contributed by atoms with Gasteiger partial charge in [-0.05, 0) is 65.1 Å². The standard InChI is InChI=1S/C35H44N2O4/c1-5-39-34(38)32(41-29-17-13-27(14-18-29)35(2,3)4)21-25-11-15-28(16-12-25)40-20-19-36-33-30-23-37(24-31(30)33)22-26-9-7-6-8-10-26/h6-18,30-33,36H,5,19-24H2,1-4H3/t30-,31?,32-,33+/m0/s1. The van der Waals surface area contributed by atoms with E-state index in [9.17, 15) is 4.79 Å². The van der Waals surface area contributed by atoms with Crippen LogP contribution in [-0.2, 0) is 27.9 Å². The molecule has 1 saturated carbocycles. The Morgan fingerprint density at radius 2 is 1.56 bits per heavy atom. The van der Waals surface area contributed by atoms with Crippen LogP contribution in [0.15, 0.2) is 78.9 Å². The number of fused-ring (bicyclic) bond motifs is 1. The lowest BCUT2D eigenvalue weighted by Crippen LogP contribution is -2.33. The summed E-state index contributed by atoms with van der Waals surface area (Å²) >= 11 is 0. The third kappa shape index (κ3) is 7.90. The Bertz CT molecular complexity index is 1240. The second-order valence-electron chi connectivity index (χ2n) is 12.3.